The number of aromatic nitrogens is 8. The lowest BCUT2D eigenvalue weighted by Gasteiger charge is -2.24. The van der Waals surface area contributed by atoms with Crippen LogP contribution in [0.1, 0.15) is 95.8 Å². The van der Waals surface area contributed by atoms with E-state index in [0.717, 1.165) is 78.9 Å². The summed E-state index contributed by atoms with van der Waals surface area (Å²) in [6, 6.07) is 42.1. The standard InChI is InChI=1S/C83H53N13O25S3.3O3S/c97-37-118-46-28-42(77(105)106)30-48(35-46)120-82-92-62(33-41-27-44(17-23-60(41)123(112,113)114)86-57-21-19-55-65-63(51-13-4-6-15-53(51)73(101)67(57)65)69(75(103)89-55)71(99)39-9-2-1-3-10-39)91-79(94-82)84-25-26-85-80-93-81(96-83(95-80)121-49-31-43(78(107)108)29-47(36-49)119-38-98)87-45-18-24-61(124(115,116)117)59(34-45)88-58-22-20-56-66-64(52-14-5-7-16-54(52)74(102)68(58)66)70(76(104)90-56)72(100)40-11-8-12-50(32-40)122(109,110)111;3*1-4(2)3/h1-24,27-32,34-38,86,88H,25-26,33H2,(H,89,103)(H,90,104)(H,105,106)(H,107,108)(H,109,110,111)(H,112,113,114)(H,115,116,117)(H,84,91,92,94)(H2,85,87,93,95,96);;;. The van der Waals surface area contributed by atoms with Gasteiger partial charge in [-0.05, 0) is 114 Å². The second-order valence-corrected chi connectivity index (χ2v) is 33.2. The van der Waals surface area contributed by atoms with E-state index in [1.807, 2.05) is 0 Å². The fourth-order valence-corrected chi connectivity index (χ4v) is 16.1. The number of hydrogen-bond donors (Lipinski definition) is 12. The van der Waals surface area contributed by atoms with Gasteiger partial charge in [0.15, 0.2) is 23.1 Å². The van der Waals surface area contributed by atoms with Crippen molar-refractivity contribution in [2.24, 2.45) is 0 Å². The molecule has 53 heteroatoms. The highest BCUT2D eigenvalue weighted by Crippen LogP contribution is 2.47. The van der Waals surface area contributed by atoms with E-state index in [1.54, 1.807) is 48.5 Å². The van der Waals surface area contributed by atoms with Crippen LogP contribution in [-0.2, 0) is 78.2 Å². The summed E-state index contributed by atoms with van der Waals surface area (Å²) in [5.74, 6) is -8.54. The predicted molar refractivity (Wildman–Crippen MR) is 468 cm³/mol. The van der Waals surface area contributed by atoms with Crippen molar-refractivity contribution in [3.05, 3.63) is 288 Å². The molecule has 136 heavy (non-hydrogen) atoms. The molecule has 2 aliphatic rings. The zero-order chi connectivity index (χ0) is 98.1. The van der Waals surface area contributed by atoms with E-state index in [2.05, 4.69) is 66.5 Å². The lowest BCUT2D eigenvalue weighted by atomic mass is 9.80. The molecule has 14 aromatic rings. The summed E-state index contributed by atoms with van der Waals surface area (Å²) < 4.78 is 207. The maximum Gasteiger partial charge on any atom is 0.425 e. The van der Waals surface area contributed by atoms with Crippen molar-refractivity contribution in [2.45, 2.75) is 21.1 Å². The first-order chi connectivity index (χ1) is 64.5. The molecule has 12 N–H and O–H groups in total. The number of aromatic carboxylic acids is 2. The van der Waals surface area contributed by atoms with E-state index in [4.69, 9.17) is 56.8 Å². The van der Waals surface area contributed by atoms with Gasteiger partial charge in [-0.25, -0.2) is 9.59 Å². The van der Waals surface area contributed by atoms with Gasteiger partial charge in [-0.1, -0.05) is 91.0 Å². The number of carbonyl (C=O) groups is 8. The number of carboxylic acid groups (broad SMARTS) is 2. The molecular weight excluding hydrogens is 1920 g/mol. The second kappa shape index (κ2) is 40.0. The zero-order valence-electron chi connectivity index (χ0n) is 67.5. The number of nitrogens with one attached hydrogen (secondary N) is 7. The van der Waals surface area contributed by atoms with Crippen molar-refractivity contribution in [1.29, 1.82) is 0 Å². The lowest BCUT2D eigenvalue weighted by molar-refractivity contribution is -0.121. The minimum absolute atomic E-state index is 0.00853. The van der Waals surface area contributed by atoms with Crippen LogP contribution in [0.25, 0.3) is 44.1 Å². The molecule has 0 amide bonds. The summed E-state index contributed by atoms with van der Waals surface area (Å²) >= 11 is 0. The van der Waals surface area contributed by atoms with Crippen molar-refractivity contribution in [3.63, 3.8) is 0 Å². The number of fused-ring (bicyclic) bond motifs is 4. The maximum atomic E-state index is 14.9. The lowest BCUT2D eigenvalue weighted by Crippen LogP contribution is -2.24. The molecule has 4 aromatic heterocycles. The Bertz CT molecular complexity index is 8270. The number of nitrogens with zero attached hydrogens (tertiary/aromatic N) is 6. The van der Waals surface area contributed by atoms with Gasteiger partial charge < -0.3 is 65.7 Å². The smallest absolute Gasteiger partial charge is 0.425 e. The van der Waals surface area contributed by atoms with Gasteiger partial charge in [-0.3, -0.25) is 52.0 Å². The number of ether oxygens (including phenoxy) is 4. The molecule has 0 spiro atoms. The normalized spacial score (nSPS) is 11.5. The fourth-order valence-electron chi connectivity index (χ4n) is 14.2. The molecule has 4 heterocycles. The monoisotopic (exact) mass is 1970 g/mol. The SMILES string of the molecule is O=COc1cc(Oc2nc(Cc3cc(Nc4ccc5[nH]c(=O)c(C(=O)c6ccccc6)c6c5c4C(=O)c4ccccc4-6)ccc3S(=O)(=O)O)nc(NCCNc3nc(Nc4ccc(S(=O)(=O)O)c(Nc5ccc6[nH]c(=O)c(C(=O)c7cccc(S(=O)(=O)O)c7)c7c6c5C(=O)c5ccccc5-7)c4)nc(Oc4cc(OC=O)cc(C(=O)O)c4)n3)n2)cc(C(=O)O)c1.O=S(=O)=O.O=S(=O)=O.O=S(=O)=O. The quantitative estimate of drug-likeness (QED) is 0.00885. The molecule has 0 aliphatic heterocycles. The summed E-state index contributed by atoms with van der Waals surface area (Å²) in [6.07, 6.45) is -0.605. The highest BCUT2D eigenvalue weighted by Gasteiger charge is 2.37. The predicted octanol–water partition coefficient (Wildman–Crippen LogP) is 7.75. The van der Waals surface area contributed by atoms with E-state index < -0.39 is 170 Å². The average Bonchev–Trinajstić information content (AvgIpc) is 0.730. The number of hydrogen-bond acceptors (Lipinski definition) is 40. The Morgan fingerprint density at radius 1 is 0.390 bits per heavy atom. The maximum absolute atomic E-state index is 14.9. The van der Waals surface area contributed by atoms with Crippen molar-refractivity contribution >= 4 is 178 Å². The van der Waals surface area contributed by atoms with Crippen LogP contribution in [0.2, 0.25) is 0 Å². The Balaban J connectivity index is 0.00000123. The third kappa shape index (κ3) is 22.0. The van der Waals surface area contributed by atoms with Crippen LogP contribution in [0.4, 0.5) is 46.3 Å². The molecule has 0 atom stereocenters. The van der Waals surface area contributed by atoms with Crippen molar-refractivity contribution < 1.29 is 144 Å². The van der Waals surface area contributed by atoms with Gasteiger partial charge in [0.25, 0.3) is 54.4 Å². The van der Waals surface area contributed by atoms with Crippen molar-refractivity contribution in [1.82, 2.24) is 39.9 Å². The van der Waals surface area contributed by atoms with E-state index in [-0.39, 0.29) is 173 Å². The Labute approximate surface area is 763 Å². The summed E-state index contributed by atoms with van der Waals surface area (Å²) in [5, 5.41) is 35.0. The number of ketones is 4. The minimum atomic E-state index is -5.20. The van der Waals surface area contributed by atoms with E-state index >= 15 is 0 Å². The number of rotatable bonds is 30. The van der Waals surface area contributed by atoms with E-state index in [0.29, 0.717) is 5.56 Å². The number of aromatic amines is 2. The molecule has 0 unspecified atom stereocenters. The number of benzene rings is 10. The van der Waals surface area contributed by atoms with Gasteiger partial charge in [-0.2, -0.15) is 55.2 Å². The number of carboxylic acids is 2. The van der Waals surface area contributed by atoms with Gasteiger partial charge in [0.1, 0.15) is 33.7 Å². The number of carbonyl (C=O) groups excluding carboxylic acids is 6. The van der Waals surface area contributed by atoms with Crippen LogP contribution >= 0.6 is 0 Å². The number of H-pyrrole nitrogens is 2. The van der Waals surface area contributed by atoms with Crippen molar-refractivity contribution in [3.8, 4) is 57.3 Å². The van der Waals surface area contributed by atoms with Crippen LogP contribution in [0, 0.1) is 0 Å². The first kappa shape index (κ1) is 96.0. The number of pyridine rings is 2. The van der Waals surface area contributed by atoms with Crippen LogP contribution in [0.5, 0.6) is 35.0 Å². The highest BCUT2D eigenvalue weighted by atomic mass is 32.2. The van der Waals surface area contributed by atoms with Crippen LogP contribution < -0.4 is 56.6 Å². The molecule has 10 aromatic carbocycles. The Morgan fingerprint density at radius 3 is 1.29 bits per heavy atom. The number of anilines is 8. The van der Waals surface area contributed by atoms with Gasteiger partial charge >= 0.3 is 55.8 Å². The molecule has 0 saturated carbocycles. The third-order valence-corrected chi connectivity index (χ3v) is 22.1. The van der Waals surface area contributed by atoms with Gasteiger partial charge in [0, 0.05) is 98.2 Å². The Kier molecular flexibility index (Phi) is 28.2. The summed E-state index contributed by atoms with van der Waals surface area (Å²) in [4.78, 5) is 164. The molecule has 0 radical (unpaired) electrons. The molecule has 2 aliphatic carbocycles. The fraction of sp³-hybridized carbons (Fsp3) is 0.0361. The summed E-state index contributed by atoms with van der Waals surface area (Å²) in [7, 11) is -24.5. The Morgan fingerprint density at radius 2 is 0.816 bits per heavy atom. The Hall–Kier alpha value is -17.6. The summed E-state index contributed by atoms with van der Waals surface area (Å²) in [6.45, 7) is -0.476. The average molecular weight is 1970 g/mol. The second-order valence-electron chi connectivity index (χ2n) is 27.8. The molecule has 16 rings (SSSR count). The minimum Gasteiger partial charge on any atom is -0.478 e. The topological polar surface area (TPSA) is 734 Å². The van der Waals surface area contributed by atoms with Gasteiger partial charge in [-0.15, -0.1) is 37.9 Å². The largest absolute Gasteiger partial charge is 0.478 e. The third-order valence-electron chi connectivity index (χ3n) is 19.3. The highest BCUT2D eigenvalue weighted by molar-refractivity contribution is 7.86. The molecule has 0 bridgehead atoms. The van der Waals surface area contributed by atoms with Gasteiger partial charge in [0.2, 0.25) is 17.8 Å². The van der Waals surface area contributed by atoms with Crippen molar-refractivity contribution in [2.75, 3.05) is 39.7 Å². The van der Waals surface area contributed by atoms with E-state index in [1.165, 1.54) is 72.8 Å². The summed E-state index contributed by atoms with van der Waals surface area (Å²) in [5.41, 5.74) is -3.56. The molecule has 690 valence electrons. The molecule has 0 fully saturated rings. The molecule has 0 saturated heterocycles. The van der Waals surface area contributed by atoms with Crippen LogP contribution in [0.3, 0.4) is 0 Å². The van der Waals surface area contributed by atoms with Gasteiger partial charge in [0.05, 0.1) is 60.2 Å². The van der Waals surface area contributed by atoms with Crippen LogP contribution in [0.15, 0.2) is 224 Å². The van der Waals surface area contributed by atoms with Crippen LogP contribution in [-0.4, -0.2) is 188 Å². The molecular formula is C83H53N13O34S6. The van der Waals surface area contributed by atoms with E-state index in [9.17, 15) is 97.1 Å². The molecule has 47 nitrogen and oxygen atoms in total. The zero-order valence-corrected chi connectivity index (χ0v) is 72.4. The first-order valence-electron chi connectivity index (χ1n) is 37.7. The first-order valence-corrected chi connectivity index (χ1v) is 45.0.